The number of rotatable bonds is 8. The van der Waals surface area contributed by atoms with Crippen LogP contribution in [0.25, 0.3) is 0 Å². The van der Waals surface area contributed by atoms with Gasteiger partial charge in [-0.1, -0.05) is 44.7 Å². The first-order valence-corrected chi connectivity index (χ1v) is 10.2. The number of anilines is 1. The summed E-state index contributed by atoms with van der Waals surface area (Å²) < 4.78 is 0. The van der Waals surface area contributed by atoms with Gasteiger partial charge in [-0.2, -0.15) is 0 Å². The molecule has 1 saturated heterocycles. The van der Waals surface area contributed by atoms with E-state index in [0.717, 1.165) is 43.0 Å². The van der Waals surface area contributed by atoms with Gasteiger partial charge in [0.05, 0.1) is 6.04 Å². The average Bonchev–Trinajstić information content (AvgIpc) is 3.09. The monoisotopic (exact) mass is 379 g/mol. The minimum absolute atomic E-state index is 0.157. The Morgan fingerprint density at radius 1 is 1.18 bits per heavy atom. The molecule has 0 saturated carbocycles. The number of hydrogen-bond acceptors (Lipinski definition) is 4. The molecule has 0 bridgehead atoms. The van der Waals surface area contributed by atoms with Crippen LogP contribution < -0.4 is 10.6 Å². The quantitative estimate of drug-likeness (QED) is 0.622. The van der Waals surface area contributed by atoms with Crippen LogP contribution >= 0.6 is 0 Å². The smallest absolute Gasteiger partial charge is 0.115 e. The Hall–Kier alpha value is -2.46. The zero-order valence-corrected chi connectivity index (χ0v) is 17.3. The molecule has 1 fully saturated rings. The molecule has 0 spiro atoms. The fourth-order valence-corrected chi connectivity index (χ4v) is 3.70. The number of benzene rings is 2. The van der Waals surface area contributed by atoms with Crippen molar-refractivity contribution in [3.8, 4) is 5.75 Å². The van der Waals surface area contributed by atoms with Crippen molar-refractivity contribution < 1.29 is 5.11 Å². The lowest BCUT2D eigenvalue weighted by Gasteiger charge is -2.23. The molecule has 1 heterocycles. The van der Waals surface area contributed by atoms with Gasteiger partial charge >= 0.3 is 0 Å². The lowest BCUT2D eigenvalue weighted by Crippen LogP contribution is -2.36. The lowest BCUT2D eigenvalue weighted by molar-refractivity contribution is 0.321. The van der Waals surface area contributed by atoms with Gasteiger partial charge in [0, 0.05) is 37.1 Å². The molecule has 0 aromatic heterocycles. The van der Waals surface area contributed by atoms with Gasteiger partial charge in [0.1, 0.15) is 5.75 Å². The molecule has 4 nitrogen and oxygen atoms in total. The zero-order chi connectivity index (χ0) is 20.1. The van der Waals surface area contributed by atoms with Crippen LogP contribution in [0.5, 0.6) is 5.75 Å². The van der Waals surface area contributed by atoms with Crippen LogP contribution in [0.3, 0.4) is 0 Å². The van der Waals surface area contributed by atoms with Gasteiger partial charge in [0.2, 0.25) is 0 Å². The number of likely N-dealkylation sites (tertiary alicyclic amines) is 1. The molecule has 2 unspecified atom stereocenters. The Morgan fingerprint density at radius 3 is 2.61 bits per heavy atom. The van der Waals surface area contributed by atoms with E-state index >= 15 is 0 Å². The highest BCUT2D eigenvalue weighted by atomic mass is 16.3. The molecule has 2 atom stereocenters. The van der Waals surface area contributed by atoms with Gasteiger partial charge in [-0.25, -0.2) is 0 Å². The predicted octanol–water partition coefficient (Wildman–Crippen LogP) is 4.69. The number of nitrogens with zero attached hydrogens (tertiary/aromatic N) is 1. The summed E-state index contributed by atoms with van der Waals surface area (Å²) in [5.74, 6) is 0.884. The number of aromatic hydroxyl groups is 1. The van der Waals surface area contributed by atoms with Crippen molar-refractivity contribution in [3.05, 3.63) is 71.9 Å². The standard InChI is InChI=1S/C24H33N3O/c1-17(2)21-8-10-22(11-9-21)25-18(3)19(4)26-23-12-13-27(16-23)15-20-6-5-7-24(28)14-20/h5-11,14,17-18,23,25-26,28H,4,12-13,15-16H2,1-3H3. The molecule has 2 aromatic carbocycles. The summed E-state index contributed by atoms with van der Waals surface area (Å²) in [5, 5.41) is 16.8. The van der Waals surface area contributed by atoms with Crippen LogP contribution in [0.15, 0.2) is 60.8 Å². The highest BCUT2D eigenvalue weighted by Gasteiger charge is 2.23. The first kappa shape index (κ1) is 20.3. The maximum atomic E-state index is 9.63. The molecular weight excluding hydrogens is 346 g/mol. The molecule has 28 heavy (non-hydrogen) atoms. The maximum absolute atomic E-state index is 9.63. The molecule has 1 aliphatic heterocycles. The van der Waals surface area contributed by atoms with E-state index in [0.29, 0.717) is 17.7 Å². The summed E-state index contributed by atoms with van der Waals surface area (Å²) in [6.07, 6.45) is 1.10. The number of phenols is 1. The van der Waals surface area contributed by atoms with E-state index in [4.69, 9.17) is 0 Å². The van der Waals surface area contributed by atoms with Gasteiger partial charge in [0.15, 0.2) is 0 Å². The zero-order valence-electron chi connectivity index (χ0n) is 17.3. The third-order valence-electron chi connectivity index (χ3n) is 5.46. The first-order valence-electron chi connectivity index (χ1n) is 10.2. The Bertz CT molecular complexity index is 785. The Morgan fingerprint density at radius 2 is 1.93 bits per heavy atom. The average molecular weight is 380 g/mol. The van der Waals surface area contributed by atoms with Crippen LogP contribution in [-0.2, 0) is 6.54 Å². The van der Waals surface area contributed by atoms with Crippen molar-refractivity contribution in [2.24, 2.45) is 0 Å². The number of nitrogens with one attached hydrogen (secondary N) is 2. The fraction of sp³-hybridized carbons (Fsp3) is 0.417. The molecule has 2 aromatic rings. The Balaban J connectivity index is 1.46. The SMILES string of the molecule is C=C(NC1CCN(Cc2cccc(O)c2)C1)C(C)Nc1ccc(C(C)C)cc1. The minimum atomic E-state index is 0.157. The Kier molecular flexibility index (Phi) is 6.63. The van der Waals surface area contributed by atoms with Crippen molar-refractivity contribution in [1.29, 1.82) is 0 Å². The maximum Gasteiger partial charge on any atom is 0.115 e. The minimum Gasteiger partial charge on any atom is -0.508 e. The van der Waals surface area contributed by atoms with Gasteiger partial charge in [-0.3, -0.25) is 4.90 Å². The van der Waals surface area contributed by atoms with Crippen molar-refractivity contribution in [3.63, 3.8) is 0 Å². The second-order valence-corrected chi connectivity index (χ2v) is 8.20. The molecule has 0 aliphatic carbocycles. The third-order valence-corrected chi connectivity index (χ3v) is 5.46. The predicted molar refractivity (Wildman–Crippen MR) is 118 cm³/mol. The molecule has 3 N–H and O–H groups in total. The molecule has 0 amide bonds. The third kappa shape index (κ3) is 5.52. The van der Waals surface area contributed by atoms with Crippen LogP contribution in [0, 0.1) is 0 Å². The van der Waals surface area contributed by atoms with E-state index < -0.39 is 0 Å². The highest BCUT2D eigenvalue weighted by molar-refractivity contribution is 5.47. The van der Waals surface area contributed by atoms with E-state index in [1.165, 1.54) is 5.56 Å². The summed E-state index contributed by atoms with van der Waals surface area (Å²) in [7, 11) is 0. The normalized spacial score (nSPS) is 18.2. The highest BCUT2D eigenvalue weighted by Crippen LogP contribution is 2.20. The number of hydrogen-bond donors (Lipinski definition) is 3. The first-order chi connectivity index (χ1) is 13.4. The fourth-order valence-electron chi connectivity index (χ4n) is 3.70. The van der Waals surface area contributed by atoms with E-state index in [2.05, 4.69) is 73.2 Å². The van der Waals surface area contributed by atoms with Crippen LogP contribution in [-0.4, -0.2) is 35.2 Å². The van der Waals surface area contributed by atoms with Crippen molar-refractivity contribution in [1.82, 2.24) is 10.2 Å². The Labute approximate surface area is 169 Å². The second-order valence-electron chi connectivity index (χ2n) is 8.20. The van der Waals surface area contributed by atoms with Crippen molar-refractivity contribution >= 4 is 5.69 Å². The lowest BCUT2D eigenvalue weighted by atomic mass is 10.0. The van der Waals surface area contributed by atoms with Gasteiger partial charge < -0.3 is 15.7 Å². The van der Waals surface area contributed by atoms with Crippen molar-refractivity contribution in [2.75, 3.05) is 18.4 Å². The summed E-state index contributed by atoms with van der Waals surface area (Å²) in [5.41, 5.74) is 4.65. The van der Waals surface area contributed by atoms with E-state index in [1.54, 1.807) is 6.07 Å². The molecule has 4 heteroatoms. The number of phenolic OH excluding ortho intramolecular Hbond substituents is 1. The van der Waals surface area contributed by atoms with Crippen molar-refractivity contribution in [2.45, 2.75) is 51.7 Å². The van der Waals surface area contributed by atoms with Gasteiger partial charge in [-0.05, 0) is 54.7 Å². The van der Waals surface area contributed by atoms with Crippen LogP contribution in [0.2, 0.25) is 0 Å². The molecular formula is C24H33N3O. The summed E-state index contributed by atoms with van der Waals surface area (Å²) >= 11 is 0. The van der Waals surface area contributed by atoms with E-state index in [-0.39, 0.29) is 6.04 Å². The van der Waals surface area contributed by atoms with Crippen LogP contribution in [0.1, 0.15) is 44.2 Å². The molecule has 1 aliphatic rings. The summed E-state index contributed by atoms with van der Waals surface area (Å²) in [4.78, 5) is 2.42. The van der Waals surface area contributed by atoms with Gasteiger partial charge in [-0.15, -0.1) is 0 Å². The van der Waals surface area contributed by atoms with Crippen LogP contribution in [0.4, 0.5) is 5.69 Å². The molecule has 3 rings (SSSR count). The molecule has 150 valence electrons. The van der Waals surface area contributed by atoms with E-state index in [1.807, 2.05) is 12.1 Å². The molecule has 0 radical (unpaired) electrons. The van der Waals surface area contributed by atoms with Gasteiger partial charge in [0.25, 0.3) is 0 Å². The van der Waals surface area contributed by atoms with E-state index in [9.17, 15) is 5.11 Å². The summed E-state index contributed by atoms with van der Waals surface area (Å²) in [6, 6.07) is 16.8. The summed E-state index contributed by atoms with van der Waals surface area (Å²) in [6.45, 7) is 13.7. The topological polar surface area (TPSA) is 47.5 Å². The second kappa shape index (κ2) is 9.16. The largest absolute Gasteiger partial charge is 0.508 e.